The van der Waals surface area contributed by atoms with Gasteiger partial charge in [-0.3, -0.25) is 4.79 Å². The van der Waals surface area contributed by atoms with E-state index in [0.29, 0.717) is 6.61 Å². The highest BCUT2D eigenvalue weighted by Crippen LogP contribution is 2.39. The number of nitrogens with one attached hydrogen (secondary N) is 1. The zero-order valence-corrected chi connectivity index (χ0v) is 12.6. The molecule has 0 saturated heterocycles. The van der Waals surface area contributed by atoms with Crippen LogP contribution < -0.4 is 5.32 Å². The van der Waals surface area contributed by atoms with Crippen LogP contribution in [0.5, 0.6) is 0 Å². The summed E-state index contributed by atoms with van der Waals surface area (Å²) >= 11 is 0. The van der Waals surface area contributed by atoms with E-state index in [1.54, 1.807) is 0 Å². The van der Waals surface area contributed by atoms with E-state index in [2.05, 4.69) is 19.2 Å². The first-order valence-corrected chi connectivity index (χ1v) is 7.22. The third-order valence-corrected chi connectivity index (χ3v) is 4.23. The fraction of sp³-hybridized carbons (Fsp3) is 0.933. The van der Waals surface area contributed by atoms with Gasteiger partial charge in [0.15, 0.2) is 0 Å². The highest BCUT2D eigenvalue weighted by Gasteiger charge is 2.35. The summed E-state index contributed by atoms with van der Waals surface area (Å²) in [4.78, 5) is 11.8. The van der Waals surface area contributed by atoms with Crippen molar-refractivity contribution in [3.05, 3.63) is 0 Å². The van der Waals surface area contributed by atoms with Crippen molar-refractivity contribution in [3.63, 3.8) is 0 Å². The zero-order valence-electron chi connectivity index (χ0n) is 12.6. The van der Waals surface area contributed by atoms with Crippen LogP contribution in [-0.4, -0.2) is 24.7 Å². The first-order valence-electron chi connectivity index (χ1n) is 7.22. The topological polar surface area (TPSA) is 38.3 Å². The second kappa shape index (κ2) is 6.05. The van der Waals surface area contributed by atoms with E-state index >= 15 is 0 Å². The van der Waals surface area contributed by atoms with Gasteiger partial charge in [0.05, 0.1) is 6.61 Å². The Morgan fingerprint density at radius 1 is 1.22 bits per heavy atom. The summed E-state index contributed by atoms with van der Waals surface area (Å²) in [5, 5.41) is 3.39. The molecule has 1 fully saturated rings. The van der Waals surface area contributed by atoms with Crippen molar-refractivity contribution in [2.75, 3.05) is 13.2 Å². The zero-order chi connectivity index (χ0) is 13.8. The summed E-state index contributed by atoms with van der Waals surface area (Å²) in [5.41, 5.74) is -0.341. The lowest BCUT2D eigenvalue weighted by atomic mass is 9.77. The van der Waals surface area contributed by atoms with E-state index in [1.165, 1.54) is 25.7 Å². The molecule has 1 rings (SSSR count). The van der Waals surface area contributed by atoms with Crippen LogP contribution >= 0.6 is 0 Å². The molecule has 1 N–H and O–H groups in total. The summed E-state index contributed by atoms with van der Waals surface area (Å²) in [6.45, 7) is 11.6. The van der Waals surface area contributed by atoms with Crippen LogP contribution in [0.25, 0.3) is 0 Å². The lowest BCUT2D eigenvalue weighted by Crippen LogP contribution is -2.51. The molecule has 0 spiro atoms. The van der Waals surface area contributed by atoms with Gasteiger partial charge in [-0.05, 0) is 44.9 Å². The predicted octanol–water partition coefficient (Wildman–Crippen LogP) is 3.13. The second-order valence-corrected chi connectivity index (χ2v) is 6.67. The third-order valence-electron chi connectivity index (χ3n) is 4.23. The fourth-order valence-corrected chi connectivity index (χ4v) is 2.68. The molecule has 0 heterocycles. The molecule has 18 heavy (non-hydrogen) atoms. The average molecular weight is 255 g/mol. The molecule has 1 aliphatic carbocycles. The van der Waals surface area contributed by atoms with Gasteiger partial charge in [0, 0.05) is 6.54 Å². The van der Waals surface area contributed by atoms with E-state index in [0.717, 1.165) is 12.5 Å². The molecule has 0 aromatic heterocycles. The minimum Gasteiger partial charge on any atom is -0.465 e. The Morgan fingerprint density at radius 2 is 1.78 bits per heavy atom. The first-order chi connectivity index (χ1) is 8.29. The van der Waals surface area contributed by atoms with Crippen molar-refractivity contribution in [2.24, 2.45) is 11.3 Å². The maximum atomic E-state index is 11.8. The van der Waals surface area contributed by atoms with Crippen LogP contribution in [-0.2, 0) is 9.53 Å². The van der Waals surface area contributed by atoms with Crippen molar-refractivity contribution in [1.82, 2.24) is 5.32 Å². The smallest absolute Gasteiger partial charge is 0.325 e. The van der Waals surface area contributed by atoms with Crippen LogP contribution in [0, 0.1) is 11.3 Å². The molecule has 3 nitrogen and oxygen atoms in total. The molecule has 0 aromatic carbocycles. The summed E-state index contributed by atoms with van der Waals surface area (Å²) < 4.78 is 5.10. The number of hydrogen-bond donors (Lipinski definition) is 1. The number of carbonyl (C=O) groups is 1. The van der Waals surface area contributed by atoms with Crippen LogP contribution in [0.4, 0.5) is 0 Å². The van der Waals surface area contributed by atoms with Gasteiger partial charge in [-0.15, -0.1) is 0 Å². The van der Waals surface area contributed by atoms with Crippen molar-refractivity contribution in [1.29, 1.82) is 0 Å². The highest BCUT2D eigenvalue weighted by molar-refractivity contribution is 5.79. The predicted molar refractivity (Wildman–Crippen MR) is 74.5 cm³/mol. The van der Waals surface area contributed by atoms with E-state index in [4.69, 9.17) is 4.74 Å². The Morgan fingerprint density at radius 3 is 2.28 bits per heavy atom. The Kier molecular flexibility index (Phi) is 5.20. The second-order valence-electron chi connectivity index (χ2n) is 6.67. The Labute approximate surface area is 112 Å². The molecule has 0 aromatic rings. The minimum atomic E-state index is -0.591. The maximum Gasteiger partial charge on any atom is 0.325 e. The Balaban J connectivity index is 2.49. The Hall–Kier alpha value is -0.570. The van der Waals surface area contributed by atoms with E-state index in [-0.39, 0.29) is 11.4 Å². The number of esters is 1. The molecule has 1 aliphatic rings. The molecule has 1 saturated carbocycles. The molecule has 0 bridgehead atoms. The molecule has 0 unspecified atom stereocenters. The quantitative estimate of drug-likeness (QED) is 0.741. The minimum absolute atomic E-state index is 0.160. The van der Waals surface area contributed by atoms with Gasteiger partial charge < -0.3 is 10.1 Å². The molecule has 0 radical (unpaired) electrons. The Bertz CT molecular complexity index is 278. The summed E-state index contributed by atoms with van der Waals surface area (Å²) in [7, 11) is 0. The van der Waals surface area contributed by atoms with Crippen LogP contribution in [0.3, 0.4) is 0 Å². The fourth-order valence-electron chi connectivity index (χ4n) is 2.68. The molecule has 0 atom stereocenters. The molecule has 0 amide bonds. The average Bonchev–Trinajstić information content (AvgIpc) is 2.81. The summed E-state index contributed by atoms with van der Waals surface area (Å²) in [6, 6.07) is 0. The van der Waals surface area contributed by atoms with Gasteiger partial charge in [0.2, 0.25) is 0 Å². The van der Waals surface area contributed by atoms with Gasteiger partial charge in [-0.2, -0.15) is 0 Å². The van der Waals surface area contributed by atoms with Crippen molar-refractivity contribution >= 4 is 5.97 Å². The standard InChI is InChI=1S/C15H29NO2/c1-6-18-13(17)15(4,5)16-11-14(2,3)12-9-7-8-10-12/h12,16H,6-11H2,1-5H3. The molecular formula is C15H29NO2. The lowest BCUT2D eigenvalue weighted by Gasteiger charge is -2.35. The normalized spacial score (nSPS) is 18.1. The van der Waals surface area contributed by atoms with E-state index in [9.17, 15) is 4.79 Å². The molecule has 3 heteroatoms. The number of ether oxygens (including phenoxy) is 1. The van der Waals surface area contributed by atoms with Gasteiger partial charge in [-0.25, -0.2) is 0 Å². The van der Waals surface area contributed by atoms with E-state index < -0.39 is 5.54 Å². The van der Waals surface area contributed by atoms with Crippen LogP contribution in [0.15, 0.2) is 0 Å². The largest absolute Gasteiger partial charge is 0.465 e. The molecule has 106 valence electrons. The van der Waals surface area contributed by atoms with Crippen molar-refractivity contribution < 1.29 is 9.53 Å². The summed E-state index contributed by atoms with van der Waals surface area (Å²) in [5.74, 6) is 0.621. The van der Waals surface area contributed by atoms with Crippen LogP contribution in [0.2, 0.25) is 0 Å². The number of rotatable bonds is 6. The first kappa shape index (κ1) is 15.5. The van der Waals surface area contributed by atoms with Crippen molar-refractivity contribution in [3.8, 4) is 0 Å². The molecule has 0 aliphatic heterocycles. The lowest BCUT2D eigenvalue weighted by molar-refractivity contribution is -0.150. The maximum absolute atomic E-state index is 11.8. The summed E-state index contributed by atoms with van der Waals surface area (Å²) in [6.07, 6.45) is 5.37. The van der Waals surface area contributed by atoms with Crippen LogP contribution in [0.1, 0.15) is 60.3 Å². The van der Waals surface area contributed by atoms with Gasteiger partial charge in [0.1, 0.15) is 5.54 Å². The molecular weight excluding hydrogens is 226 g/mol. The number of hydrogen-bond acceptors (Lipinski definition) is 3. The third kappa shape index (κ3) is 3.98. The monoisotopic (exact) mass is 255 g/mol. The van der Waals surface area contributed by atoms with Crippen molar-refractivity contribution in [2.45, 2.75) is 65.8 Å². The highest BCUT2D eigenvalue weighted by atomic mass is 16.5. The number of carbonyl (C=O) groups excluding carboxylic acids is 1. The van der Waals surface area contributed by atoms with Gasteiger partial charge in [0.25, 0.3) is 0 Å². The van der Waals surface area contributed by atoms with Gasteiger partial charge >= 0.3 is 5.97 Å². The van der Waals surface area contributed by atoms with Gasteiger partial charge in [-0.1, -0.05) is 26.7 Å². The van der Waals surface area contributed by atoms with E-state index in [1.807, 2.05) is 20.8 Å². The SMILES string of the molecule is CCOC(=O)C(C)(C)NCC(C)(C)C1CCCC1.